The molecule has 9 nitrogen and oxygen atoms in total. The van der Waals surface area contributed by atoms with Crippen molar-refractivity contribution in [1.82, 2.24) is 19.6 Å². The van der Waals surface area contributed by atoms with Crippen LogP contribution in [0.4, 0.5) is 20.3 Å². The quantitative estimate of drug-likeness (QED) is 0.460. The van der Waals surface area contributed by atoms with Gasteiger partial charge < -0.3 is 5.32 Å². The Morgan fingerprint density at radius 2 is 2.10 bits per heavy atom. The highest BCUT2D eigenvalue weighted by molar-refractivity contribution is 6.30. The molecular formula is C17H15ClF2N6O3. The standard InChI is InChI=1S/C17H15ClF2N6O3/c1-10-16(26(28)29)15(17(19)20)23-25(10)9-14(27)21-13-5-6-24(22-13)8-11-3-2-4-12(18)7-11/h2-7,17H,8-9H2,1H3,(H,21,22,27). The Balaban J connectivity index is 1.68. The van der Waals surface area contributed by atoms with Crippen molar-refractivity contribution in [3.63, 3.8) is 0 Å². The first-order valence-electron chi connectivity index (χ1n) is 8.32. The van der Waals surface area contributed by atoms with Gasteiger partial charge in [0, 0.05) is 17.3 Å². The van der Waals surface area contributed by atoms with Gasteiger partial charge in [-0.15, -0.1) is 0 Å². The van der Waals surface area contributed by atoms with Crippen LogP contribution in [-0.4, -0.2) is 30.4 Å². The van der Waals surface area contributed by atoms with Crippen LogP contribution >= 0.6 is 11.6 Å². The summed E-state index contributed by atoms with van der Waals surface area (Å²) in [4.78, 5) is 22.3. The lowest BCUT2D eigenvalue weighted by atomic mass is 10.2. The fraction of sp³-hybridized carbons (Fsp3) is 0.235. The highest BCUT2D eigenvalue weighted by Crippen LogP contribution is 2.30. The second-order valence-electron chi connectivity index (χ2n) is 6.11. The van der Waals surface area contributed by atoms with Crippen LogP contribution in [0.2, 0.25) is 5.02 Å². The summed E-state index contributed by atoms with van der Waals surface area (Å²) in [6, 6.07) is 8.78. The van der Waals surface area contributed by atoms with Crippen LogP contribution in [0, 0.1) is 17.0 Å². The van der Waals surface area contributed by atoms with E-state index in [1.165, 1.54) is 6.92 Å². The Hall–Kier alpha value is -3.34. The molecular weight excluding hydrogens is 410 g/mol. The normalized spacial score (nSPS) is 11.1. The average Bonchev–Trinajstić information content (AvgIpc) is 3.19. The maximum absolute atomic E-state index is 13.0. The van der Waals surface area contributed by atoms with Crippen LogP contribution in [0.1, 0.15) is 23.4 Å². The van der Waals surface area contributed by atoms with Gasteiger partial charge in [-0.05, 0) is 24.6 Å². The highest BCUT2D eigenvalue weighted by atomic mass is 35.5. The number of nitrogens with one attached hydrogen (secondary N) is 1. The first kappa shape index (κ1) is 20.4. The highest BCUT2D eigenvalue weighted by Gasteiger charge is 2.31. The third-order valence-corrected chi connectivity index (χ3v) is 4.26. The molecule has 29 heavy (non-hydrogen) atoms. The van der Waals surface area contributed by atoms with E-state index in [1.54, 1.807) is 29.1 Å². The fourth-order valence-corrected chi connectivity index (χ4v) is 2.96. The zero-order valence-corrected chi connectivity index (χ0v) is 15.8. The average molecular weight is 425 g/mol. The second-order valence-corrected chi connectivity index (χ2v) is 6.55. The molecule has 0 bridgehead atoms. The van der Waals surface area contributed by atoms with Crippen LogP contribution in [-0.2, 0) is 17.9 Å². The molecule has 152 valence electrons. The maximum Gasteiger partial charge on any atom is 0.319 e. The minimum absolute atomic E-state index is 0.132. The Labute approximate surface area is 168 Å². The molecule has 0 aliphatic heterocycles. The molecule has 0 saturated carbocycles. The summed E-state index contributed by atoms with van der Waals surface area (Å²) in [6.45, 7) is 1.21. The third-order valence-electron chi connectivity index (χ3n) is 4.03. The maximum atomic E-state index is 13.0. The van der Waals surface area contributed by atoms with Crippen LogP contribution in [0.3, 0.4) is 0 Å². The Bertz CT molecular complexity index is 1070. The predicted octanol–water partition coefficient (Wildman–Crippen LogP) is 3.57. The number of anilines is 1. The van der Waals surface area contributed by atoms with Crippen LogP contribution < -0.4 is 5.32 Å². The van der Waals surface area contributed by atoms with Gasteiger partial charge in [0.2, 0.25) is 11.6 Å². The van der Waals surface area contributed by atoms with E-state index in [0.29, 0.717) is 11.6 Å². The largest absolute Gasteiger partial charge is 0.319 e. The molecule has 0 unspecified atom stereocenters. The zero-order chi connectivity index (χ0) is 21.1. The molecule has 2 heterocycles. The van der Waals surface area contributed by atoms with Gasteiger partial charge >= 0.3 is 5.69 Å². The van der Waals surface area contributed by atoms with Gasteiger partial charge in [-0.25, -0.2) is 8.78 Å². The van der Waals surface area contributed by atoms with Crippen molar-refractivity contribution in [3.05, 3.63) is 68.6 Å². The lowest BCUT2D eigenvalue weighted by molar-refractivity contribution is -0.386. The number of aromatic nitrogens is 4. The van der Waals surface area contributed by atoms with Gasteiger partial charge in [0.15, 0.2) is 5.82 Å². The van der Waals surface area contributed by atoms with Crippen molar-refractivity contribution < 1.29 is 18.5 Å². The van der Waals surface area contributed by atoms with Gasteiger partial charge in [0.1, 0.15) is 12.2 Å². The topological polar surface area (TPSA) is 108 Å². The molecule has 0 saturated heterocycles. The number of halogens is 3. The van der Waals surface area contributed by atoms with Crippen molar-refractivity contribution in [2.45, 2.75) is 26.4 Å². The molecule has 0 radical (unpaired) electrons. The van der Waals surface area contributed by atoms with E-state index in [9.17, 15) is 23.7 Å². The Morgan fingerprint density at radius 1 is 1.34 bits per heavy atom. The molecule has 0 spiro atoms. The van der Waals surface area contributed by atoms with Crippen LogP contribution in [0.25, 0.3) is 0 Å². The summed E-state index contributed by atoms with van der Waals surface area (Å²) in [5.41, 5.74) is -0.978. The van der Waals surface area contributed by atoms with E-state index < -0.39 is 35.2 Å². The number of carbonyl (C=O) groups excluding carboxylic acids is 1. The Morgan fingerprint density at radius 3 is 2.72 bits per heavy atom. The molecule has 3 aromatic rings. The smallest absolute Gasteiger partial charge is 0.308 e. The molecule has 0 aliphatic rings. The van der Waals surface area contributed by atoms with Crippen molar-refractivity contribution in [1.29, 1.82) is 0 Å². The number of nitrogens with zero attached hydrogens (tertiary/aromatic N) is 5. The first-order chi connectivity index (χ1) is 13.7. The number of rotatable bonds is 7. The molecule has 1 aromatic carbocycles. The number of hydrogen-bond donors (Lipinski definition) is 1. The van der Waals surface area contributed by atoms with Crippen LogP contribution in [0.15, 0.2) is 36.5 Å². The number of hydrogen-bond acceptors (Lipinski definition) is 5. The summed E-state index contributed by atoms with van der Waals surface area (Å²) < 4.78 is 28.4. The SMILES string of the molecule is Cc1c([N+](=O)[O-])c(C(F)F)nn1CC(=O)Nc1ccn(Cc2cccc(Cl)c2)n1. The Kier molecular flexibility index (Phi) is 5.87. The second kappa shape index (κ2) is 8.35. The van der Waals surface area contributed by atoms with E-state index in [4.69, 9.17) is 11.6 Å². The minimum Gasteiger partial charge on any atom is -0.308 e. The molecule has 0 aliphatic carbocycles. The first-order valence-corrected chi connectivity index (χ1v) is 8.70. The zero-order valence-electron chi connectivity index (χ0n) is 15.1. The van der Waals surface area contributed by atoms with Crippen LogP contribution in [0.5, 0.6) is 0 Å². The number of nitro groups is 1. The van der Waals surface area contributed by atoms with Crippen molar-refractivity contribution in [3.8, 4) is 0 Å². The summed E-state index contributed by atoms with van der Waals surface area (Å²) in [5, 5.41) is 21.8. The van der Waals surface area contributed by atoms with E-state index in [2.05, 4.69) is 15.5 Å². The fourth-order valence-electron chi connectivity index (χ4n) is 2.74. The van der Waals surface area contributed by atoms with E-state index in [1.807, 2.05) is 12.1 Å². The minimum atomic E-state index is -3.12. The molecule has 1 N–H and O–H groups in total. The summed E-state index contributed by atoms with van der Waals surface area (Å²) in [6.07, 6.45) is -1.48. The van der Waals surface area contributed by atoms with E-state index in [-0.39, 0.29) is 11.5 Å². The predicted molar refractivity (Wildman–Crippen MR) is 100.0 cm³/mol. The van der Waals surface area contributed by atoms with E-state index in [0.717, 1.165) is 10.2 Å². The third kappa shape index (κ3) is 4.74. The van der Waals surface area contributed by atoms with Gasteiger partial charge in [0.25, 0.3) is 6.43 Å². The monoisotopic (exact) mass is 424 g/mol. The number of alkyl halides is 2. The molecule has 12 heteroatoms. The van der Waals surface area contributed by atoms with Crippen molar-refractivity contribution in [2.75, 3.05) is 5.32 Å². The molecule has 0 fully saturated rings. The lowest BCUT2D eigenvalue weighted by Gasteiger charge is -2.05. The van der Waals surface area contributed by atoms with Gasteiger partial charge in [0.05, 0.1) is 11.5 Å². The van der Waals surface area contributed by atoms with E-state index >= 15 is 0 Å². The van der Waals surface area contributed by atoms with Gasteiger partial charge in [-0.1, -0.05) is 23.7 Å². The summed E-state index contributed by atoms with van der Waals surface area (Å²) >= 11 is 5.94. The number of benzene rings is 1. The molecule has 2 aromatic heterocycles. The molecule has 0 atom stereocenters. The summed E-state index contributed by atoms with van der Waals surface area (Å²) in [5.74, 6) is -0.371. The van der Waals surface area contributed by atoms with Gasteiger partial charge in [-0.2, -0.15) is 10.2 Å². The number of amides is 1. The number of carbonyl (C=O) groups is 1. The van der Waals surface area contributed by atoms with Gasteiger partial charge in [-0.3, -0.25) is 24.3 Å². The van der Waals surface area contributed by atoms with Crippen molar-refractivity contribution >= 4 is 29.0 Å². The molecule has 1 amide bonds. The van der Waals surface area contributed by atoms with Crippen molar-refractivity contribution in [2.24, 2.45) is 0 Å². The lowest BCUT2D eigenvalue weighted by Crippen LogP contribution is -2.21. The summed E-state index contributed by atoms with van der Waals surface area (Å²) in [7, 11) is 0. The molecule has 3 rings (SSSR count).